The number of hydrogen-bond acceptors (Lipinski definition) is 5. The Balaban J connectivity index is 0. The first kappa shape index (κ1) is 31.0. The van der Waals surface area contributed by atoms with Gasteiger partial charge in [0.1, 0.15) is 9.83 Å². The van der Waals surface area contributed by atoms with E-state index in [-0.39, 0.29) is 0 Å². The van der Waals surface area contributed by atoms with Crippen molar-refractivity contribution >= 4 is 27.6 Å². The van der Waals surface area contributed by atoms with E-state index >= 15 is 0 Å². The Labute approximate surface area is 172 Å². The van der Waals surface area contributed by atoms with Crippen LogP contribution >= 0.6 is 9.83 Å². The fraction of sp³-hybridized carbons (Fsp3) is 1.00. The molecule has 0 aromatic carbocycles. The second-order valence-electron chi connectivity index (χ2n) is 7.02. The van der Waals surface area contributed by atoms with Crippen LogP contribution in [0.25, 0.3) is 0 Å². The number of halogens is 6. The van der Waals surface area contributed by atoms with E-state index in [9.17, 15) is 43.2 Å². The Morgan fingerprint density at radius 3 is 1.34 bits per heavy atom. The summed E-state index contributed by atoms with van der Waals surface area (Å²) in [6.07, 6.45) is 9.76. The van der Waals surface area contributed by atoms with E-state index in [1.165, 1.54) is 62.5 Å². The molecule has 5 nitrogen and oxygen atoms in total. The third kappa shape index (κ3) is 13.7. The van der Waals surface area contributed by atoms with E-state index in [2.05, 4.69) is 27.9 Å². The van der Waals surface area contributed by atoms with Crippen LogP contribution in [0.1, 0.15) is 58.8 Å². The molecule has 0 amide bonds. The highest BCUT2D eigenvalue weighted by Crippen LogP contribution is 2.42. The highest BCUT2D eigenvalue weighted by Gasteiger charge is 2.56. The van der Waals surface area contributed by atoms with Crippen LogP contribution in [-0.4, -0.2) is 59.5 Å². The smallest absolute Gasteiger partial charge is 0.328 e. The predicted octanol–water partition coefficient (Wildman–Crippen LogP) is 5.25. The van der Waals surface area contributed by atoms with Crippen molar-refractivity contribution in [3.05, 3.63) is 0 Å². The molecule has 0 saturated carbocycles. The van der Waals surface area contributed by atoms with Crippen LogP contribution in [0.5, 0.6) is 0 Å². The van der Waals surface area contributed by atoms with E-state index in [1.807, 2.05) is 0 Å². The lowest BCUT2D eigenvalue weighted by Crippen LogP contribution is -2.41. The van der Waals surface area contributed by atoms with Crippen molar-refractivity contribution < 1.29 is 47.7 Å². The number of rotatable bonds is 11. The van der Waals surface area contributed by atoms with Gasteiger partial charge < -0.3 is 4.48 Å². The van der Waals surface area contributed by atoms with Gasteiger partial charge in [0, 0.05) is 0 Å². The second-order valence-corrected chi connectivity index (χ2v) is 14.2. The monoisotopic (exact) mass is 498 g/mol. The van der Waals surface area contributed by atoms with Crippen molar-refractivity contribution in [2.45, 2.75) is 69.8 Å². The van der Waals surface area contributed by atoms with Crippen LogP contribution in [0, 0.1) is 0 Å². The van der Waals surface area contributed by atoms with Crippen LogP contribution in [0.2, 0.25) is 0 Å². The molecule has 0 aliphatic heterocycles. The quantitative estimate of drug-likeness (QED) is 0.168. The zero-order valence-corrected chi connectivity index (χ0v) is 19.4. The second kappa shape index (κ2) is 12.6. The van der Waals surface area contributed by atoms with Crippen molar-refractivity contribution in [2.24, 2.45) is 0 Å². The van der Waals surface area contributed by atoms with Gasteiger partial charge >= 0.3 is 28.8 Å². The molecule has 0 rings (SSSR count). The van der Waals surface area contributed by atoms with Gasteiger partial charge in [-0.3, -0.25) is 0 Å². The number of nitrogens with zero attached hydrogens (tertiary/aromatic N) is 1. The summed E-state index contributed by atoms with van der Waals surface area (Å²) in [7, 11) is -10.3. The lowest BCUT2D eigenvalue weighted by Gasteiger charge is -2.29. The van der Waals surface area contributed by atoms with Crippen molar-refractivity contribution in [2.75, 3.05) is 27.2 Å². The average molecular weight is 499 g/mol. The van der Waals surface area contributed by atoms with Crippen LogP contribution in [0.15, 0.2) is 0 Å². The molecule has 14 heteroatoms. The molecule has 0 radical (unpaired) electrons. The van der Waals surface area contributed by atoms with E-state index in [0.717, 1.165) is 0 Å². The molecule has 29 heavy (non-hydrogen) atoms. The van der Waals surface area contributed by atoms with E-state index in [4.69, 9.17) is 0 Å². The highest BCUT2D eigenvalue weighted by molar-refractivity contribution is 9.04. The summed E-state index contributed by atoms with van der Waals surface area (Å²) in [4.78, 5) is 0. The molecule has 0 bridgehead atoms. The summed E-state index contributed by atoms with van der Waals surface area (Å²) in [5, 5.41) is 0. The lowest BCUT2D eigenvalue weighted by molar-refractivity contribution is -0.890. The van der Waals surface area contributed by atoms with Gasteiger partial charge in [0.2, 0.25) is 0 Å². The summed E-state index contributed by atoms with van der Waals surface area (Å²) in [5.74, 6) is 0. The predicted molar refractivity (Wildman–Crippen MR) is 103 cm³/mol. The molecule has 0 spiro atoms. The number of alkyl halides is 6. The third-order valence-corrected chi connectivity index (χ3v) is 10.7. The molecule has 0 unspecified atom stereocenters. The SMILES string of the molecule is CCCCCCC[N+](C)(C)CCCC.O=S(=O)(SS(=O)(=O)C(F)(F)F)C(F)(F)F. The molecule has 0 atom stereocenters. The molecule has 0 aromatic rings. The van der Waals surface area contributed by atoms with E-state index < -0.39 is 38.6 Å². The highest BCUT2D eigenvalue weighted by atomic mass is 33.5. The first-order valence-electron chi connectivity index (χ1n) is 8.98. The van der Waals surface area contributed by atoms with Crippen molar-refractivity contribution in [1.29, 1.82) is 0 Å². The minimum absolute atomic E-state index is 1.22. The zero-order valence-electron chi connectivity index (χ0n) is 16.9. The van der Waals surface area contributed by atoms with Crippen molar-refractivity contribution in [3.8, 4) is 0 Å². The lowest BCUT2D eigenvalue weighted by atomic mass is 10.1. The molecular formula is C15H30F6NO4S3+. The topological polar surface area (TPSA) is 68.3 Å². The van der Waals surface area contributed by atoms with Gasteiger partial charge in [0.05, 0.1) is 27.2 Å². The Hall–Kier alpha value is -0.210. The first-order chi connectivity index (χ1) is 12.8. The standard InChI is InChI=1S/C13H30N.C2F6O4S3/c1-5-7-9-10-11-13-14(3,4)12-8-6-2;3-1(4,5)14(9,10)13-15(11,12)2(6,7)8/h5-13H2,1-4H3;/q+1;. The Morgan fingerprint density at radius 1 is 0.655 bits per heavy atom. The fourth-order valence-corrected chi connectivity index (χ4v) is 7.11. The van der Waals surface area contributed by atoms with Gasteiger partial charge in [0.25, 0.3) is 0 Å². The van der Waals surface area contributed by atoms with Gasteiger partial charge in [-0.1, -0.05) is 39.5 Å². The Morgan fingerprint density at radius 2 is 1.00 bits per heavy atom. The van der Waals surface area contributed by atoms with Gasteiger partial charge in [-0.25, -0.2) is 16.8 Å². The summed E-state index contributed by atoms with van der Waals surface area (Å²) in [6, 6.07) is 0. The first-order valence-corrected chi connectivity index (χ1v) is 13.8. The Bertz CT molecular complexity index is 617. The molecule has 0 aliphatic carbocycles. The maximum Gasteiger partial charge on any atom is 0.508 e. The number of hydrogen-bond donors (Lipinski definition) is 0. The van der Waals surface area contributed by atoms with Crippen LogP contribution in [0.3, 0.4) is 0 Å². The normalized spacial score (nSPS) is 13.7. The molecule has 0 N–H and O–H groups in total. The summed E-state index contributed by atoms with van der Waals surface area (Å²) in [6.45, 7) is 7.27. The maximum atomic E-state index is 11.5. The molecule has 0 aromatic heterocycles. The van der Waals surface area contributed by atoms with Crippen LogP contribution in [0.4, 0.5) is 26.3 Å². The largest absolute Gasteiger partial charge is 0.508 e. The van der Waals surface area contributed by atoms with Gasteiger partial charge in [-0.05, 0) is 19.3 Å². The maximum absolute atomic E-state index is 11.5. The minimum Gasteiger partial charge on any atom is -0.328 e. The minimum atomic E-state index is -6.43. The zero-order chi connectivity index (χ0) is 23.6. The molecule has 0 aliphatic rings. The number of unbranched alkanes of at least 4 members (excludes halogenated alkanes) is 5. The van der Waals surface area contributed by atoms with Gasteiger partial charge in [0.15, 0.2) is 0 Å². The van der Waals surface area contributed by atoms with Gasteiger partial charge in [-0.2, -0.15) is 26.3 Å². The van der Waals surface area contributed by atoms with E-state index in [1.54, 1.807) is 0 Å². The average Bonchev–Trinajstić information content (AvgIpc) is 2.50. The third-order valence-electron chi connectivity index (χ3n) is 3.73. The molecule has 178 valence electrons. The summed E-state index contributed by atoms with van der Waals surface area (Å²) < 4.78 is 111. The molecule has 0 heterocycles. The van der Waals surface area contributed by atoms with Crippen LogP contribution in [-0.2, 0) is 17.7 Å². The molecule has 0 saturated heterocycles. The molecular weight excluding hydrogens is 468 g/mol. The van der Waals surface area contributed by atoms with Gasteiger partial charge in [-0.15, -0.1) is 0 Å². The van der Waals surface area contributed by atoms with Crippen molar-refractivity contribution in [1.82, 2.24) is 0 Å². The fourth-order valence-electron chi connectivity index (χ4n) is 2.04. The summed E-state index contributed by atoms with van der Waals surface area (Å²) >= 11 is 0. The van der Waals surface area contributed by atoms with Crippen LogP contribution < -0.4 is 0 Å². The molecule has 0 fully saturated rings. The van der Waals surface area contributed by atoms with Crippen molar-refractivity contribution in [3.63, 3.8) is 0 Å². The summed E-state index contributed by atoms with van der Waals surface area (Å²) in [5.41, 5.74) is -12.1. The Kier molecular flexibility index (Phi) is 13.5. The number of quaternary nitrogens is 1. The van der Waals surface area contributed by atoms with E-state index in [0.29, 0.717) is 0 Å².